The van der Waals surface area contributed by atoms with Gasteiger partial charge in [0.2, 0.25) is 0 Å². The Kier molecular flexibility index (Phi) is 5.31. The maximum Gasteiger partial charge on any atom is 0.152 e. The van der Waals surface area contributed by atoms with E-state index in [0.29, 0.717) is 5.92 Å². The van der Waals surface area contributed by atoms with Gasteiger partial charge in [-0.3, -0.25) is 4.99 Å². The lowest BCUT2D eigenvalue weighted by Gasteiger charge is -2.15. The zero-order valence-corrected chi connectivity index (χ0v) is 15.3. The van der Waals surface area contributed by atoms with Crippen LogP contribution in [0.3, 0.4) is 0 Å². The van der Waals surface area contributed by atoms with E-state index in [1.54, 1.807) is 7.05 Å². The van der Waals surface area contributed by atoms with Crippen molar-refractivity contribution in [2.45, 2.75) is 33.6 Å². The summed E-state index contributed by atoms with van der Waals surface area (Å²) in [5, 5.41) is 4.73. The van der Waals surface area contributed by atoms with Crippen LogP contribution in [0.2, 0.25) is 0 Å². The minimum Gasteiger partial charge on any atom is -0.332 e. The topological polar surface area (TPSA) is 42.2 Å². The lowest BCUT2D eigenvalue weighted by Crippen LogP contribution is -2.27. The Balaban J connectivity index is 2.76. The van der Waals surface area contributed by atoms with Crippen molar-refractivity contribution in [3.63, 3.8) is 0 Å². The van der Waals surface area contributed by atoms with Gasteiger partial charge in [-0.15, -0.1) is 0 Å². The molecule has 0 spiro atoms. The van der Waals surface area contributed by atoms with Gasteiger partial charge in [-0.1, -0.05) is 45.4 Å². The third kappa shape index (κ3) is 3.50. The molecule has 0 aliphatic heterocycles. The van der Waals surface area contributed by atoms with Gasteiger partial charge in [0.15, 0.2) is 5.49 Å². The van der Waals surface area contributed by atoms with Crippen LogP contribution in [-0.2, 0) is 0 Å². The van der Waals surface area contributed by atoms with Crippen molar-refractivity contribution in [3.05, 3.63) is 47.5 Å². The lowest BCUT2D eigenvalue weighted by atomic mass is 10.0. The van der Waals surface area contributed by atoms with E-state index >= 15 is 0 Å². The fraction of sp³-hybridized carbons (Fsp3) is 0.333. The molecule has 1 aromatic carbocycles. The monoisotopic (exact) mass is 328 g/mol. The first-order valence-corrected chi connectivity index (χ1v) is 8.07. The van der Waals surface area contributed by atoms with Gasteiger partial charge < -0.3 is 4.72 Å². The molecule has 0 aliphatic rings. The molecule has 0 unspecified atom stereocenters. The molecule has 0 radical (unpaired) electrons. The number of nitrogens with one attached hydrogen (secondary N) is 1. The predicted molar refractivity (Wildman–Crippen MR) is 102 cm³/mol. The number of anilines is 1. The van der Waals surface area contributed by atoms with Crippen LogP contribution in [0.15, 0.2) is 35.8 Å². The van der Waals surface area contributed by atoms with Gasteiger partial charge in [-0.2, -0.15) is 5.10 Å². The first-order valence-electron chi connectivity index (χ1n) is 7.63. The van der Waals surface area contributed by atoms with Gasteiger partial charge in [0.1, 0.15) is 0 Å². The second-order valence-corrected chi connectivity index (χ2v) is 6.20. The number of hydrogen-bond donors (Lipinski definition) is 2. The Hall–Kier alpha value is -2.01. The number of aryl methyl sites for hydroxylation is 1. The maximum absolute atomic E-state index is 4.73. The van der Waals surface area contributed by atoms with Crippen molar-refractivity contribution >= 4 is 24.2 Å². The largest absolute Gasteiger partial charge is 0.332 e. The molecule has 0 bridgehead atoms. The molecule has 0 saturated heterocycles. The normalized spacial score (nSPS) is 11.9. The molecule has 2 aromatic rings. The third-order valence-electron chi connectivity index (χ3n) is 3.81. The second-order valence-electron chi connectivity index (χ2n) is 5.98. The predicted octanol–water partition coefficient (Wildman–Crippen LogP) is 4.26. The third-order valence-corrected chi connectivity index (χ3v) is 4.05. The SMILES string of the molecule is C=C(C)n1nc(-c2ccc(C)c(NS)c2)cc(C(C)C)c1=NC. The molecule has 2 rings (SSSR count). The van der Waals surface area contributed by atoms with Gasteiger partial charge in [-0.25, -0.2) is 4.68 Å². The van der Waals surface area contributed by atoms with E-state index in [1.165, 1.54) is 0 Å². The van der Waals surface area contributed by atoms with Crippen LogP contribution < -0.4 is 10.2 Å². The van der Waals surface area contributed by atoms with Crippen LogP contribution in [-0.4, -0.2) is 16.8 Å². The number of nitrogens with zero attached hydrogens (tertiary/aromatic N) is 3. The van der Waals surface area contributed by atoms with E-state index in [-0.39, 0.29) is 0 Å². The van der Waals surface area contributed by atoms with Gasteiger partial charge in [0.05, 0.1) is 5.69 Å². The Morgan fingerprint density at radius 1 is 1.35 bits per heavy atom. The summed E-state index contributed by atoms with van der Waals surface area (Å²) in [6, 6.07) is 8.30. The zero-order chi connectivity index (χ0) is 17.1. The minimum atomic E-state index is 0.342. The fourth-order valence-electron chi connectivity index (χ4n) is 2.48. The van der Waals surface area contributed by atoms with Gasteiger partial charge in [0.25, 0.3) is 0 Å². The van der Waals surface area contributed by atoms with E-state index in [9.17, 15) is 0 Å². The first-order chi connectivity index (χ1) is 10.9. The van der Waals surface area contributed by atoms with Crippen LogP contribution >= 0.6 is 12.8 Å². The highest BCUT2D eigenvalue weighted by molar-refractivity contribution is 7.81. The molecule has 1 N–H and O–H groups in total. The van der Waals surface area contributed by atoms with Crippen molar-refractivity contribution < 1.29 is 0 Å². The molecule has 1 heterocycles. The number of hydrogen-bond acceptors (Lipinski definition) is 4. The van der Waals surface area contributed by atoms with Crippen molar-refractivity contribution in [1.82, 2.24) is 9.78 Å². The van der Waals surface area contributed by atoms with Crippen LogP contribution in [0, 0.1) is 6.92 Å². The lowest BCUT2D eigenvalue weighted by molar-refractivity contribution is 0.741. The molecule has 1 aromatic heterocycles. The number of thiol groups is 1. The maximum atomic E-state index is 4.73. The molecule has 0 atom stereocenters. The summed E-state index contributed by atoms with van der Waals surface area (Å²) in [4.78, 5) is 4.41. The summed E-state index contributed by atoms with van der Waals surface area (Å²) in [5.41, 5.74) is 6.90. The summed E-state index contributed by atoms with van der Waals surface area (Å²) in [6.07, 6.45) is 0. The second kappa shape index (κ2) is 7.04. The standard InChI is InChI=1S/C18H24N4S/c1-11(2)15-10-17(20-22(12(3)4)18(15)19-6)14-8-7-13(5)16(9-14)21-23/h7-11,21,23H,3H2,1-2,4-6H3. The molecule has 4 nitrogen and oxygen atoms in total. The molecular weight excluding hydrogens is 304 g/mol. The highest BCUT2D eigenvalue weighted by Gasteiger charge is 2.12. The Morgan fingerprint density at radius 2 is 2.04 bits per heavy atom. The Bertz CT molecular complexity index is 803. The van der Waals surface area contributed by atoms with Crippen molar-refractivity contribution in [2.75, 3.05) is 11.8 Å². The number of benzene rings is 1. The van der Waals surface area contributed by atoms with Crippen molar-refractivity contribution in [3.8, 4) is 11.3 Å². The summed E-state index contributed by atoms with van der Waals surface area (Å²) >= 11 is 4.17. The van der Waals surface area contributed by atoms with E-state index in [4.69, 9.17) is 5.10 Å². The number of aromatic nitrogens is 2. The van der Waals surface area contributed by atoms with Crippen LogP contribution in [0.25, 0.3) is 17.0 Å². The highest BCUT2D eigenvalue weighted by atomic mass is 32.1. The summed E-state index contributed by atoms with van der Waals surface area (Å²) in [6.45, 7) is 12.3. The molecule has 23 heavy (non-hydrogen) atoms. The van der Waals surface area contributed by atoms with Gasteiger partial charge >= 0.3 is 0 Å². The molecule has 122 valence electrons. The zero-order valence-electron chi connectivity index (χ0n) is 14.4. The van der Waals surface area contributed by atoms with Gasteiger partial charge in [0, 0.05) is 29.6 Å². The molecule has 0 amide bonds. The van der Waals surface area contributed by atoms with Crippen molar-refractivity contribution in [2.24, 2.45) is 4.99 Å². The molecule has 5 heteroatoms. The quantitative estimate of drug-likeness (QED) is 0.824. The average molecular weight is 328 g/mol. The number of rotatable bonds is 4. The summed E-state index contributed by atoms with van der Waals surface area (Å²) < 4.78 is 4.74. The smallest absolute Gasteiger partial charge is 0.152 e. The van der Waals surface area contributed by atoms with E-state index in [1.807, 2.05) is 18.5 Å². The first kappa shape index (κ1) is 17.3. The van der Waals surface area contributed by atoms with Crippen LogP contribution in [0.5, 0.6) is 0 Å². The Morgan fingerprint density at radius 3 is 2.57 bits per heavy atom. The molecular formula is C18H24N4S. The average Bonchev–Trinajstić information content (AvgIpc) is 2.53. The Labute approximate surface area is 143 Å². The van der Waals surface area contributed by atoms with E-state index in [0.717, 1.165) is 39.3 Å². The van der Waals surface area contributed by atoms with E-state index < -0.39 is 0 Å². The van der Waals surface area contributed by atoms with E-state index in [2.05, 4.69) is 67.2 Å². The highest BCUT2D eigenvalue weighted by Crippen LogP contribution is 2.26. The van der Waals surface area contributed by atoms with Crippen molar-refractivity contribution in [1.29, 1.82) is 0 Å². The fourth-order valence-corrected chi connectivity index (χ4v) is 2.72. The summed E-state index contributed by atoms with van der Waals surface area (Å²) in [5.74, 6) is 0.342. The number of allylic oxidation sites excluding steroid dienone is 1. The van der Waals surface area contributed by atoms with Crippen LogP contribution in [0.4, 0.5) is 5.69 Å². The molecule has 0 aliphatic carbocycles. The molecule has 0 fully saturated rings. The minimum absolute atomic E-state index is 0.342. The summed E-state index contributed by atoms with van der Waals surface area (Å²) in [7, 11) is 1.79. The molecule has 0 saturated carbocycles. The van der Waals surface area contributed by atoms with Gasteiger partial charge in [-0.05, 0) is 37.5 Å². The van der Waals surface area contributed by atoms with Crippen LogP contribution in [0.1, 0.15) is 37.8 Å².